The highest BCUT2D eigenvalue weighted by molar-refractivity contribution is 5.73. The average Bonchev–Trinajstić information content (AvgIpc) is 2.11. The number of carbonyl (C=O) groups is 1. The van der Waals surface area contributed by atoms with Crippen LogP contribution in [0.2, 0.25) is 0 Å². The van der Waals surface area contributed by atoms with Crippen LogP contribution >= 0.6 is 0 Å². The number of nitrogens with zero attached hydrogens (tertiary/aromatic N) is 1. The summed E-state index contributed by atoms with van der Waals surface area (Å²) in [6.07, 6.45) is 3.18. The average molecular weight is 216 g/mol. The number of hydrogen-bond donors (Lipinski definition) is 2. The Morgan fingerprint density at radius 3 is 2.07 bits per heavy atom. The molecule has 0 aliphatic heterocycles. The van der Waals surface area contributed by atoms with Gasteiger partial charge in [0.2, 0.25) is 0 Å². The third-order valence-corrected chi connectivity index (χ3v) is 2.11. The lowest BCUT2D eigenvalue weighted by atomic mass is 10.3. The SMILES string of the molecule is CCCCNC(=O)NCCC[N+](C)(C)C. The highest BCUT2D eigenvalue weighted by Crippen LogP contribution is 1.91. The summed E-state index contributed by atoms with van der Waals surface area (Å²) in [7, 11) is 6.46. The lowest BCUT2D eigenvalue weighted by Crippen LogP contribution is -2.40. The van der Waals surface area contributed by atoms with Gasteiger partial charge in [-0.3, -0.25) is 0 Å². The Hall–Kier alpha value is -0.770. The van der Waals surface area contributed by atoms with Gasteiger partial charge in [0.15, 0.2) is 0 Å². The van der Waals surface area contributed by atoms with Crippen molar-refractivity contribution in [1.29, 1.82) is 0 Å². The molecule has 0 aliphatic carbocycles. The van der Waals surface area contributed by atoms with Crippen LogP contribution in [0.1, 0.15) is 26.2 Å². The summed E-state index contributed by atoms with van der Waals surface area (Å²) < 4.78 is 0.944. The maximum atomic E-state index is 11.2. The molecule has 0 bridgehead atoms. The zero-order valence-electron chi connectivity index (χ0n) is 10.6. The zero-order chi connectivity index (χ0) is 11.7. The molecule has 0 aromatic carbocycles. The van der Waals surface area contributed by atoms with E-state index in [1.807, 2.05) is 0 Å². The second-order valence-corrected chi connectivity index (χ2v) is 4.90. The van der Waals surface area contributed by atoms with Gasteiger partial charge >= 0.3 is 6.03 Å². The first-order chi connectivity index (χ1) is 6.95. The molecule has 0 unspecified atom stereocenters. The molecule has 0 saturated heterocycles. The van der Waals surface area contributed by atoms with Crippen LogP contribution in [0.3, 0.4) is 0 Å². The Morgan fingerprint density at radius 1 is 1.07 bits per heavy atom. The molecule has 0 rings (SSSR count). The number of nitrogens with one attached hydrogen (secondary N) is 2. The predicted molar refractivity (Wildman–Crippen MR) is 63.8 cm³/mol. The van der Waals surface area contributed by atoms with E-state index in [1.54, 1.807) is 0 Å². The van der Waals surface area contributed by atoms with Gasteiger partial charge in [-0.05, 0) is 6.42 Å². The standard InChI is InChI=1S/C11H25N3O/c1-5-6-8-12-11(15)13-9-7-10-14(2,3)4/h5-10H2,1-4H3,(H-,12,13,15)/p+1. The van der Waals surface area contributed by atoms with Crippen molar-refractivity contribution in [2.45, 2.75) is 26.2 Å². The molecular weight excluding hydrogens is 190 g/mol. The van der Waals surface area contributed by atoms with Crippen LogP contribution in [-0.2, 0) is 0 Å². The molecule has 4 nitrogen and oxygen atoms in total. The van der Waals surface area contributed by atoms with Crippen LogP contribution < -0.4 is 10.6 Å². The van der Waals surface area contributed by atoms with Crippen LogP contribution in [0, 0.1) is 0 Å². The molecule has 90 valence electrons. The lowest BCUT2D eigenvalue weighted by Gasteiger charge is -2.23. The summed E-state index contributed by atoms with van der Waals surface area (Å²) in [6.45, 7) is 4.72. The van der Waals surface area contributed by atoms with Gasteiger partial charge in [-0.1, -0.05) is 13.3 Å². The van der Waals surface area contributed by atoms with Crippen molar-refractivity contribution in [2.24, 2.45) is 0 Å². The summed E-state index contributed by atoms with van der Waals surface area (Å²) in [4.78, 5) is 11.2. The van der Waals surface area contributed by atoms with Gasteiger partial charge in [0, 0.05) is 19.5 Å². The van der Waals surface area contributed by atoms with Gasteiger partial charge in [0.25, 0.3) is 0 Å². The van der Waals surface area contributed by atoms with E-state index in [4.69, 9.17) is 0 Å². The number of carbonyl (C=O) groups excluding carboxylic acids is 1. The number of unbranched alkanes of at least 4 members (excludes halogenated alkanes) is 1. The Balaban J connectivity index is 3.32. The van der Waals surface area contributed by atoms with Crippen molar-refractivity contribution >= 4 is 6.03 Å². The fourth-order valence-electron chi connectivity index (χ4n) is 1.20. The minimum absolute atomic E-state index is 0.0372. The van der Waals surface area contributed by atoms with E-state index in [9.17, 15) is 4.79 Å². The largest absolute Gasteiger partial charge is 0.338 e. The van der Waals surface area contributed by atoms with Crippen molar-refractivity contribution < 1.29 is 9.28 Å². The molecule has 4 heteroatoms. The predicted octanol–water partition coefficient (Wildman–Crippen LogP) is 1.18. The summed E-state index contributed by atoms with van der Waals surface area (Å²) in [6, 6.07) is -0.0372. The molecule has 0 heterocycles. The van der Waals surface area contributed by atoms with Crippen LogP contribution in [0.15, 0.2) is 0 Å². The van der Waals surface area contributed by atoms with Crippen molar-refractivity contribution in [3.05, 3.63) is 0 Å². The molecule has 0 atom stereocenters. The number of quaternary nitrogens is 1. The van der Waals surface area contributed by atoms with Crippen LogP contribution in [0.5, 0.6) is 0 Å². The van der Waals surface area contributed by atoms with E-state index in [1.165, 1.54) is 0 Å². The van der Waals surface area contributed by atoms with Gasteiger partial charge in [-0.25, -0.2) is 4.79 Å². The second kappa shape index (κ2) is 7.51. The Kier molecular flexibility index (Phi) is 7.13. The summed E-state index contributed by atoms with van der Waals surface area (Å²) in [5, 5.41) is 5.68. The fourth-order valence-corrected chi connectivity index (χ4v) is 1.20. The molecular formula is C11H26N3O+. The molecule has 0 saturated carbocycles. The minimum Gasteiger partial charge on any atom is -0.338 e. The number of urea groups is 1. The molecule has 0 aromatic rings. The van der Waals surface area contributed by atoms with E-state index in [0.717, 1.165) is 43.4 Å². The van der Waals surface area contributed by atoms with E-state index < -0.39 is 0 Å². The van der Waals surface area contributed by atoms with Gasteiger partial charge in [-0.15, -0.1) is 0 Å². The zero-order valence-corrected chi connectivity index (χ0v) is 10.6. The highest BCUT2D eigenvalue weighted by Gasteiger charge is 2.06. The fraction of sp³-hybridized carbons (Fsp3) is 0.909. The molecule has 0 aromatic heterocycles. The smallest absolute Gasteiger partial charge is 0.314 e. The quantitative estimate of drug-likeness (QED) is 0.487. The van der Waals surface area contributed by atoms with E-state index >= 15 is 0 Å². The maximum absolute atomic E-state index is 11.2. The first kappa shape index (κ1) is 14.2. The molecule has 0 radical (unpaired) electrons. The Morgan fingerprint density at radius 2 is 1.60 bits per heavy atom. The number of hydrogen-bond acceptors (Lipinski definition) is 1. The third kappa shape index (κ3) is 11.2. The highest BCUT2D eigenvalue weighted by atomic mass is 16.2. The topological polar surface area (TPSA) is 41.1 Å². The van der Waals surface area contributed by atoms with Gasteiger partial charge in [0.1, 0.15) is 0 Å². The maximum Gasteiger partial charge on any atom is 0.314 e. The van der Waals surface area contributed by atoms with Gasteiger partial charge < -0.3 is 15.1 Å². The Labute approximate surface area is 93.6 Å². The Bertz CT molecular complexity index is 175. The summed E-state index contributed by atoms with van der Waals surface area (Å²) >= 11 is 0. The third-order valence-electron chi connectivity index (χ3n) is 2.11. The minimum atomic E-state index is -0.0372. The second-order valence-electron chi connectivity index (χ2n) is 4.90. The van der Waals surface area contributed by atoms with Crippen molar-refractivity contribution in [2.75, 3.05) is 40.8 Å². The molecule has 15 heavy (non-hydrogen) atoms. The van der Waals surface area contributed by atoms with Crippen molar-refractivity contribution in [3.8, 4) is 0 Å². The molecule has 0 fully saturated rings. The van der Waals surface area contributed by atoms with Crippen LogP contribution in [-0.4, -0.2) is 51.3 Å². The van der Waals surface area contributed by atoms with Gasteiger partial charge in [-0.2, -0.15) is 0 Å². The van der Waals surface area contributed by atoms with Crippen molar-refractivity contribution in [1.82, 2.24) is 10.6 Å². The molecule has 0 aliphatic rings. The van der Waals surface area contributed by atoms with Crippen molar-refractivity contribution in [3.63, 3.8) is 0 Å². The molecule has 2 N–H and O–H groups in total. The van der Waals surface area contributed by atoms with Crippen LogP contribution in [0.25, 0.3) is 0 Å². The summed E-state index contributed by atoms with van der Waals surface area (Å²) in [5.41, 5.74) is 0. The first-order valence-electron chi connectivity index (χ1n) is 5.78. The monoisotopic (exact) mass is 216 g/mol. The van der Waals surface area contributed by atoms with Gasteiger partial charge in [0.05, 0.1) is 27.7 Å². The summed E-state index contributed by atoms with van der Waals surface area (Å²) in [5.74, 6) is 0. The molecule has 2 amide bonds. The van der Waals surface area contributed by atoms with E-state index in [0.29, 0.717) is 0 Å². The van der Waals surface area contributed by atoms with E-state index in [-0.39, 0.29) is 6.03 Å². The van der Waals surface area contributed by atoms with Crippen LogP contribution in [0.4, 0.5) is 4.79 Å². The lowest BCUT2D eigenvalue weighted by molar-refractivity contribution is -0.870. The number of rotatable bonds is 7. The first-order valence-corrected chi connectivity index (χ1v) is 5.78. The van der Waals surface area contributed by atoms with E-state index in [2.05, 4.69) is 38.7 Å². The normalized spacial score (nSPS) is 11.2. The molecule has 0 spiro atoms. The number of amides is 2.